The molecule has 8 nitrogen and oxygen atoms in total. The van der Waals surface area contributed by atoms with E-state index in [4.69, 9.17) is 9.72 Å². The summed E-state index contributed by atoms with van der Waals surface area (Å²) < 4.78 is 7.09. The van der Waals surface area contributed by atoms with Gasteiger partial charge in [-0.1, -0.05) is 12.1 Å². The zero-order valence-corrected chi connectivity index (χ0v) is 16.5. The fourth-order valence-electron chi connectivity index (χ4n) is 3.56. The van der Waals surface area contributed by atoms with Crippen LogP contribution < -0.4 is 15.4 Å². The van der Waals surface area contributed by atoms with E-state index in [1.807, 2.05) is 30.3 Å². The first kappa shape index (κ1) is 18.4. The molecule has 3 heterocycles. The second-order valence-electron chi connectivity index (χ2n) is 7.64. The van der Waals surface area contributed by atoms with Crippen molar-refractivity contribution in [1.82, 2.24) is 19.9 Å². The second kappa shape index (κ2) is 7.29. The molecule has 0 atom stereocenters. The van der Waals surface area contributed by atoms with Crippen LogP contribution >= 0.6 is 0 Å². The molecule has 2 amide bonds. The van der Waals surface area contributed by atoms with Gasteiger partial charge in [-0.15, -0.1) is 0 Å². The molecule has 0 spiro atoms. The quantitative estimate of drug-likeness (QED) is 0.484. The molecule has 3 aromatic rings. The van der Waals surface area contributed by atoms with E-state index < -0.39 is 0 Å². The highest BCUT2D eigenvalue weighted by Crippen LogP contribution is 2.27. The van der Waals surface area contributed by atoms with E-state index in [0.717, 1.165) is 35.7 Å². The number of fused-ring (bicyclic) bond motifs is 1. The van der Waals surface area contributed by atoms with Crippen molar-refractivity contribution in [2.24, 2.45) is 0 Å². The van der Waals surface area contributed by atoms with Crippen molar-refractivity contribution < 1.29 is 14.3 Å². The Balaban J connectivity index is 1.56. The van der Waals surface area contributed by atoms with Crippen molar-refractivity contribution in [3.8, 4) is 5.75 Å². The molecule has 2 N–H and O–H groups in total. The summed E-state index contributed by atoms with van der Waals surface area (Å²) in [5.41, 5.74) is 3.75. The van der Waals surface area contributed by atoms with E-state index in [0.29, 0.717) is 29.2 Å². The lowest BCUT2D eigenvalue weighted by Crippen LogP contribution is -2.19. The van der Waals surface area contributed by atoms with Gasteiger partial charge < -0.3 is 10.1 Å². The maximum absolute atomic E-state index is 12.0. The van der Waals surface area contributed by atoms with Gasteiger partial charge in [-0.25, -0.2) is 4.98 Å². The summed E-state index contributed by atoms with van der Waals surface area (Å²) in [7, 11) is 1.65. The summed E-state index contributed by atoms with van der Waals surface area (Å²) in [6.07, 6.45) is 6.36. The number of nitrogens with one attached hydrogen (secondary N) is 2. The summed E-state index contributed by atoms with van der Waals surface area (Å²) in [4.78, 5) is 28.3. The molecule has 0 bridgehead atoms. The van der Waals surface area contributed by atoms with Crippen LogP contribution in [0.2, 0.25) is 0 Å². The number of ether oxygens (including phenoxy) is 1. The fraction of sp³-hybridized carbons (Fsp3) is 0.273. The van der Waals surface area contributed by atoms with Crippen LogP contribution in [-0.2, 0) is 16.0 Å². The first-order chi connectivity index (χ1) is 14.6. The Bertz CT molecular complexity index is 1190. The maximum Gasteiger partial charge on any atom is 0.254 e. The number of carbonyl (C=O) groups excluding carboxylic acids is 2. The number of nitrogens with zero attached hydrogens (tertiary/aromatic N) is 3. The molecule has 30 heavy (non-hydrogen) atoms. The topological polar surface area (TPSA) is 97.6 Å². The lowest BCUT2D eigenvalue weighted by atomic mass is 10.1. The first-order valence-electron chi connectivity index (χ1n) is 9.91. The number of hydrogen-bond donors (Lipinski definition) is 2. The average Bonchev–Trinajstić information content (AvgIpc) is 3.37. The number of aromatic nitrogens is 3. The normalized spacial score (nSPS) is 17.6. The van der Waals surface area contributed by atoms with Crippen LogP contribution in [0.4, 0.5) is 5.82 Å². The number of imide groups is 1. The van der Waals surface area contributed by atoms with Gasteiger partial charge in [0.15, 0.2) is 5.65 Å². The molecule has 5 rings (SSSR count). The van der Waals surface area contributed by atoms with Gasteiger partial charge in [0.1, 0.15) is 11.6 Å². The van der Waals surface area contributed by atoms with Crippen LogP contribution in [0.15, 0.2) is 42.1 Å². The monoisotopic (exact) mass is 403 g/mol. The molecule has 1 saturated carbocycles. The summed E-state index contributed by atoms with van der Waals surface area (Å²) in [6, 6.07) is 10.4. The summed E-state index contributed by atoms with van der Waals surface area (Å²) >= 11 is 0. The highest BCUT2D eigenvalue weighted by molar-refractivity contribution is 6.15. The van der Waals surface area contributed by atoms with Crippen molar-refractivity contribution in [3.05, 3.63) is 58.9 Å². The van der Waals surface area contributed by atoms with Crippen molar-refractivity contribution in [2.45, 2.75) is 31.7 Å². The molecule has 1 saturated heterocycles. The van der Waals surface area contributed by atoms with Gasteiger partial charge in [-0.05, 0) is 36.6 Å². The second-order valence-corrected chi connectivity index (χ2v) is 7.64. The van der Waals surface area contributed by atoms with Gasteiger partial charge in [-0.2, -0.15) is 9.61 Å². The number of hydrogen-bond acceptors (Lipinski definition) is 6. The number of rotatable bonds is 6. The van der Waals surface area contributed by atoms with E-state index in [9.17, 15) is 9.59 Å². The molecular formula is C22H21N5O3. The minimum absolute atomic E-state index is 0.0762. The third kappa shape index (κ3) is 3.63. The van der Waals surface area contributed by atoms with Gasteiger partial charge in [0.05, 0.1) is 25.4 Å². The lowest BCUT2D eigenvalue weighted by Gasteiger charge is -2.11. The van der Waals surface area contributed by atoms with Gasteiger partial charge in [0.2, 0.25) is 5.91 Å². The summed E-state index contributed by atoms with van der Waals surface area (Å²) in [5, 5.41) is 10.3. The van der Waals surface area contributed by atoms with Crippen LogP contribution in [-0.4, -0.2) is 39.6 Å². The SMILES string of the molecule is COc1cccc(Cc2cc(NC3CC3)n3ncc(/C=C4\CC(=O)NC4=O)c3n2)c1. The van der Waals surface area contributed by atoms with Crippen LogP contribution in [0.25, 0.3) is 11.7 Å². The van der Waals surface area contributed by atoms with Crippen molar-refractivity contribution >= 4 is 29.4 Å². The first-order valence-corrected chi connectivity index (χ1v) is 9.91. The van der Waals surface area contributed by atoms with Crippen molar-refractivity contribution in [3.63, 3.8) is 0 Å². The third-order valence-electron chi connectivity index (χ3n) is 5.23. The zero-order chi connectivity index (χ0) is 20.7. The lowest BCUT2D eigenvalue weighted by molar-refractivity contribution is -0.124. The maximum atomic E-state index is 12.0. The van der Waals surface area contributed by atoms with E-state index in [2.05, 4.69) is 15.7 Å². The number of methoxy groups -OCH3 is 1. The predicted octanol–water partition coefficient (Wildman–Crippen LogP) is 2.33. The van der Waals surface area contributed by atoms with Crippen LogP contribution in [0.1, 0.15) is 36.1 Å². The standard InChI is InChI=1S/C22H21N5O3/c1-30-18-4-2-3-13(8-18)7-17-11-19(24-16-5-6-16)27-21(25-17)15(12-23-27)9-14-10-20(28)26-22(14)29/h2-4,8-9,11-12,16,24H,5-7,10H2,1H3,(H,26,28,29)/b14-9+. The minimum Gasteiger partial charge on any atom is -0.497 e. The largest absolute Gasteiger partial charge is 0.497 e. The van der Waals surface area contributed by atoms with Gasteiger partial charge >= 0.3 is 0 Å². The molecule has 1 aliphatic heterocycles. The number of benzene rings is 1. The Morgan fingerprint density at radius 1 is 1.30 bits per heavy atom. The molecule has 2 aliphatic rings. The van der Waals surface area contributed by atoms with Crippen molar-refractivity contribution in [2.75, 3.05) is 12.4 Å². The summed E-state index contributed by atoms with van der Waals surface area (Å²) in [5.74, 6) is 1.03. The van der Waals surface area contributed by atoms with Crippen LogP contribution in [0.5, 0.6) is 5.75 Å². The number of amides is 2. The Kier molecular flexibility index (Phi) is 4.46. The molecule has 2 aromatic heterocycles. The molecule has 0 unspecified atom stereocenters. The molecule has 8 heteroatoms. The van der Waals surface area contributed by atoms with E-state index in [1.165, 1.54) is 0 Å². The average molecular weight is 403 g/mol. The highest BCUT2D eigenvalue weighted by atomic mass is 16.5. The van der Waals surface area contributed by atoms with E-state index in [-0.39, 0.29) is 18.2 Å². The van der Waals surface area contributed by atoms with Gasteiger partial charge in [0.25, 0.3) is 5.91 Å². The molecule has 2 fully saturated rings. The van der Waals surface area contributed by atoms with E-state index in [1.54, 1.807) is 23.9 Å². The fourth-order valence-corrected chi connectivity index (χ4v) is 3.56. The van der Waals surface area contributed by atoms with Gasteiger partial charge in [0, 0.05) is 29.7 Å². The minimum atomic E-state index is -0.358. The molecule has 0 radical (unpaired) electrons. The van der Waals surface area contributed by atoms with Crippen LogP contribution in [0.3, 0.4) is 0 Å². The molecular weight excluding hydrogens is 382 g/mol. The third-order valence-corrected chi connectivity index (χ3v) is 5.23. The summed E-state index contributed by atoms with van der Waals surface area (Å²) in [6.45, 7) is 0. The highest BCUT2D eigenvalue weighted by Gasteiger charge is 2.25. The number of carbonyl (C=O) groups is 2. The zero-order valence-electron chi connectivity index (χ0n) is 16.5. The molecule has 1 aliphatic carbocycles. The smallest absolute Gasteiger partial charge is 0.254 e. The van der Waals surface area contributed by atoms with Crippen molar-refractivity contribution in [1.29, 1.82) is 0 Å². The predicted molar refractivity (Wildman–Crippen MR) is 111 cm³/mol. The van der Waals surface area contributed by atoms with E-state index >= 15 is 0 Å². The van der Waals surface area contributed by atoms with Crippen LogP contribution in [0, 0.1) is 0 Å². The molecule has 1 aromatic carbocycles. The van der Waals surface area contributed by atoms with Gasteiger partial charge in [-0.3, -0.25) is 14.9 Å². The molecule has 152 valence electrons. The Morgan fingerprint density at radius 2 is 2.17 bits per heavy atom. The number of anilines is 1. The Labute approximate surface area is 172 Å². The Hall–Kier alpha value is -3.68. The Morgan fingerprint density at radius 3 is 2.90 bits per heavy atom.